The van der Waals surface area contributed by atoms with Crippen LogP contribution in [0.1, 0.15) is 40.2 Å². The van der Waals surface area contributed by atoms with Crippen LogP contribution in [0.2, 0.25) is 17.3 Å². The summed E-state index contributed by atoms with van der Waals surface area (Å²) in [7, 11) is 0. The van der Waals surface area contributed by atoms with Crippen LogP contribution in [0, 0.1) is 31.4 Å². The Morgan fingerprint density at radius 1 is 0.741 bits per heavy atom. The van der Waals surface area contributed by atoms with Crippen molar-refractivity contribution in [3.8, 4) is 39.5 Å². The standard InChI is InChI=1S/C33H23N2O.C19H26GeN.Ir/c1-21-19-24(23-11-4-3-5-12-23)20-22(2)31(21)35-29-17-8-7-16-28(29)34-33(35)27-15-10-14-26-25-13-6-9-18-30(25)36-32(26)27;1-19(2,3)13-16-12-18(15-10-8-7-9-11-15)21-14-17(16)20(4,5)6;/h3-14,16-20H,1-2H3;7-10,12,14H,13H2,1-6H3;/q2*-1;/i;13D2;. The number of furan rings is 1. The molecule has 0 N–H and O–H groups in total. The average molecular weight is 999 g/mol. The first kappa shape index (κ1) is 38.5. The molecule has 0 amide bonds. The van der Waals surface area contributed by atoms with Crippen molar-refractivity contribution in [2.45, 2.75) is 58.3 Å². The molecule has 0 aliphatic heterocycles. The zero-order chi connectivity index (χ0) is 41.7. The van der Waals surface area contributed by atoms with Gasteiger partial charge in [-0.15, -0.1) is 18.2 Å². The number of benzene rings is 6. The molecule has 0 aliphatic rings. The Balaban J connectivity index is 0.000000198. The van der Waals surface area contributed by atoms with Crippen molar-refractivity contribution in [2.75, 3.05) is 0 Å². The van der Waals surface area contributed by atoms with Gasteiger partial charge in [-0.1, -0.05) is 71.6 Å². The Morgan fingerprint density at radius 2 is 1.43 bits per heavy atom. The fraction of sp³-hybridized carbons (Fsp3) is 0.192. The molecule has 4 nitrogen and oxygen atoms in total. The number of nitrogens with zero attached hydrogens (tertiary/aromatic N) is 3. The van der Waals surface area contributed by atoms with E-state index in [0.717, 1.165) is 71.3 Å². The maximum absolute atomic E-state index is 8.76. The average Bonchev–Trinajstić information content (AvgIpc) is 3.79. The second-order valence-corrected chi connectivity index (χ2v) is 27.4. The summed E-state index contributed by atoms with van der Waals surface area (Å²) in [6.45, 7) is 10.2. The fourth-order valence-electron chi connectivity index (χ4n) is 7.64. The number of para-hydroxylation sites is 3. The first-order valence-corrected chi connectivity index (χ1v) is 26.9. The predicted octanol–water partition coefficient (Wildman–Crippen LogP) is 13.4. The van der Waals surface area contributed by atoms with Crippen LogP contribution < -0.4 is 4.40 Å². The van der Waals surface area contributed by atoms with E-state index in [1.807, 2.05) is 87.6 Å². The number of aryl methyl sites for hydroxylation is 2. The Morgan fingerprint density at radius 3 is 2.14 bits per heavy atom. The van der Waals surface area contributed by atoms with Crippen molar-refractivity contribution >= 4 is 50.6 Å². The summed E-state index contributed by atoms with van der Waals surface area (Å²) in [5.74, 6) is 7.69. The molecule has 0 saturated heterocycles. The van der Waals surface area contributed by atoms with Gasteiger partial charge in [0.2, 0.25) is 0 Å². The molecular formula is C52H49GeIrN3O-2. The van der Waals surface area contributed by atoms with Gasteiger partial charge in [-0.25, -0.2) is 0 Å². The maximum Gasteiger partial charge on any atom is 0 e. The molecule has 0 unspecified atom stereocenters. The second-order valence-electron chi connectivity index (χ2n) is 16.8. The number of pyridine rings is 1. The van der Waals surface area contributed by atoms with Crippen molar-refractivity contribution < 1.29 is 27.3 Å². The van der Waals surface area contributed by atoms with Crippen molar-refractivity contribution in [3.63, 3.8) is 0 Å². The second kappa shape index (κ2) is 16.7. The third kappa shape index (κ3) is 8.40. The van der Waals surface area contributed by atoms with Crippen LogP contribution in [-0.2, 0) is 26.5 Å². The molecule has 0 fully saturated rings. The molecule has 9 rings (SSSR count). The number of hydrogen-bond acceptors (Lipinski definition) is 3. The first-order chi connectivity index (χ1) is 28.1. The van der Waals surface area contributed by atoms with E-state index < -0.39 is 25.1 Å². The molecule has 6 heteroatoms. The Kier molecular flexibility index (Phi) is 11.0. The van der Waals surface area contributed by atoms with Crippen LogP contribution in [-0.4, -0.2) is 27.8 Å². The monoisotopic (exact) mass is 1000 g/mol. The number of fused-ring (bicyclic) bond motifs is 4. The van der Waals surface area contributed by atoms with Gasteiger partial charge in [0.05, 0.1) is 22.4 Å². The van der Waals surface area contributed by atoms with Gasteiger partial charge < -0.3 is 8.98 Å². The summed E-state index contributed by atoms with van der Waals surface area (Å²) in [5, 5.41) is 2.18. The van der Waals surface area contributed by atoms with Gasteiger partial charge in [0.1, 0.15) is 5.58 Å². The maximum atomic E-state index is 8.76. The van der Waals surface area contributed by atoms with E-state index in [0.29, 0.717) is 0 Å². The van der Waals surface area contributed by atoms with E-state index in [1.54, 1.807) is 0 Å². The van der Waals surface area contributed by atoms with E-state index >= 15 is 0 Å². The number of aromatic nitrogens is 3. The van der Waals surface area contributed by atoms with Crippen LogP contribution in [0.25, 0.3) is 72.4 Å². The molecule has 0 aliphatic carbocycles. The van der Waals surface area contributed by atoms with Gasteiger partial charge >= 0.3 is 135 Å². The third-order valence-corrected chi connectivity index (χ3v) is 14.4. The van der Waals surface area contributed by atoms with Gasteiger partial charge in [-0.05, 0) is 66.4 Å². The fourth-order valence-corrected chi connectivity index (χ4v) is 10.6. The van der Waals surface area contributed by atoms with Crippen LogP contribution in [0.4, 0.5) is 0 Å². The van der Waals surface area contributed by atoms with Crippen LogP contribution in [0.3, 0.4) is 0 Å². The number of hydrogen-bond donors (Lipinski definition) is 0. The van der Waals surface area contributed by atoms with Crippen molar-refractivity contribution in [3.05, 3.63) is 168 Å². The smallest absolute Gasteiger partial charge is 0 e. The van der Waals surface area contributed by atoms with E-state index in [-0.39, 0.29) is 20.1 Å². The first-order valence-electron chi connectivity index (χ1n) is 20.6. The normalized spacial score (nSPS) is 12.5. The van der Waals surface area contributed by atoms with Crippen LogP contribution in [0.5, 0.6) is 0 Å². The molecule has 9 aromatic rings. The van der Waals surface area contributed by atoms with Crippen LogP contribution in [0.15, 0.2) is 144 Å². The zero-order valence-electron chi connectivity index (χ0n) is 36.4. The van der Waals surface area contributed by atoms with Gasteiger partial charge in [0, 0.05) is 31.2 Å². The molecule has 1 radical (unpaired) electrons. The predicted molar refractivity (Wildman–Crippen MR) is 242 cm³/mol. The minimum absolute atomic E-state index is 0. The van der Waals surface area contributed by atoms with Crippen molar-refractivity contribution in [1.82, 2.24) is 14.5 Å². The Hall–Kier alpha value is -5.07. The molecule has 58 heavy (non-hydrogen) atoms. The summed E-state index contributed by atoms with van der Waals surface area (Å²) < 4.78 is 27.3. The van der Waals surface area contributed by atoms with Gasteiger partial charge in [-0.2, -0.15) is 0 Å². The van der Waals surface area contributed by atoms with Crippen LogP contribution >= 0.6 is 0 Å². The van der Waals surface area contributed by atoms with Crippen molar-refractivity contribution in [1.29, 1.82) is 0 Å². The van der Waals surface area contributed by atoms with E-state index in [1.165, 1.54) is 22.3 Å². The van der Waals surface area contributed by atoms with Gasteiger partial charge in [0.25, 0.3) is 0 Å². The molecule has 0 atom stereocenters. The SMILES string of the molecule is Cc1cc(-c2ccccc2)cc(C)c1-n1c(-c2[c-]ccc3c2oc2ccccc23)nc2ccccc21.[2H]C([2H])(c1cc(-c2[c-]cccc2)nc[c]1[Ge]([CH3])([CH3])[CH3])C(C)(C)C.[Ir]. The molecule has 0 spiro atoms. The summed E-state index contributed by atoms with van der Waals surface area (Å²) in [5.41, 5.74) is 12.5. The molecule has 6 aromatic carbocycles. The third-order valence-electron chi connectivity index (χ3n) is 10.2. The topological polar surface area (TPSA) is 43.9 Å². The summed E-state index contributed by atoms with van der Waals surface area (Å²) >= 11 is -2.24. The summed E-state index contributed by atoms with van der Waals surface area (Å²) in [6.07, 6.45) is 0.502. The Labute approximate surface area is 361 Å². The molecule has 3 aromatic heterocycles. The zero-order valence-corrected chi connectivity index (χ0v) is 38.9. The van der Waals surface area contributed by atoms with Crippen molar-refractivity contribution in [2.24, 2.45) is 5.41 Å². The van der Waals surface area contributed by atoms with E-state index in [2.05, 4.69) is 126 Å². The largest absolute Gasteiger partial charge is 0 e. The Bertz CT molecular complexity index is 2940. The minimum atomic E-state index is -2.24. The molecular weight excluding hydrogens is 947 g/mol. The molecule has 0 bridgehead atoms. The van der Waals surface area contributed by atoms with Gasteiger partial charge in [0.15, 0.2) is 0 Å². The quantitative estimate of drug-likeness (QED) is 0.123. The molecule has 0 saturated carbocycles. The van der Waals surface area contributed by atoms with E-state index in [9.17, 15) is 0 Å². The number of rotatable bonds is 6. The van der Waals surface area contributed by atoms with Gasteiger partial charge in [-0.3, -0.25) is 4.98 Å². The summed E-state index contributed by atoms with van der Waals surface area (Å²) in [6, 6.07) is 51.9. The number of imidazole rings is 1. The van der Waals surface area contributed by atoms with E-state index in [4.69, 9.17) is 12.1 Å². The molecule has 293 valence electrons. The summed E-state index contributed by atoms with van der Waals surface area (Å²) in [4.78, 5) is 9.73. The minimum Gasteiger partial charge on any atom is 0 e. The molecule has 3 heterocycles.